The molecule has 2 aromatic rings. The van der Waals surface area contributed by atoms with Crippen LogP contribution >= 0.6 is 0 Å². The fourth-order valence-corrected chi connectivity index (χ4v) is 1.56. The molecule has 0 aromatic carbocycles. The van der Waals surface area contributed by atoms with Crippen molar-refractivity contribution < 1.29 is 4.79 Å². The van der Waals surface area contributed by atoms with Gasteiger partial charge in [-0.15, -0.1) is 0 Å². The van der Waals surface area contributed by atoms with E-state index < -0.39 is 5.91 Å². The van der Waals surface area contributed by atoms with Gasteiger partial charge in [0.2, 0.25) is 5.91 Å². The van der Waals surface area contributed by atoms with Crippen LogP contribution in [0.5, 0.6) is 0 Å². The van der Waals surface area contributed by atoms with E-state index in [9.17, 15) is 9.59 Å². The molecule has 0 fully saturated rings. The molecule has 2 rings (SSSR count). The van der Waals surface area contributed by atoms with Gasteiger partial charge in [-0.25, -0.2) is 4.52 Å². The number of hydrogen-bond acceptors (Lipinski definition) is 3. The van der Waals surface area contributed by atoms with Crippen molar-refractivity contribution in [2.24, 2.45) is 5.73 Å². The summed E-state index contributed by atoms with van der Waals surface area (Å²) >= 11 is 0. The normalized spacial score (nSPS) is 10.8. The number of amides is 1. The number of nitrogens with zero attached hydrogens (tertiary/aromatic N) is 3. The van der Waals surface area contributed by atoms with Crippen molar-refractivity contribution in [3.8, 4) is 0 Å². The SMILES string of the molecule is Cc1cc2c(=O)n(CCC(N)=O)ccn2n1. The van der Waals surface area contributed by atoms with Gasteiger partial charge in [-0.1, -0.05) is 0 Å². The Kier molecular flexibility index (Phi) is 2.47. The average Bonchev–Trinajstić information content (AvgIpc) is 2.58. The van der Waals surface area contributed by atoms with E-state index in [0.29, 0.717) is 12.1 Å². The summed E-state index contributed by atoms with van der Waals surface area (Å²) in [5, 5.41) is 4.12. The van der Waals surface area contributed by atoms with Crippen LogP contribution in [-0.2, 0) is 11.3 Å². The fourth-order valence-electron chi connectivity index (χ4n) is 1.56. The first kappa shape index (κ1) is 10.4. The van der Waals surface area contributed by atoms with E-state index >= 15 is 0 Å². The molecule has 0 saturated heterocycles. The van der Waals surface area contributed by atoms with E-state index in [1.54, 1.807) is 18.5 Å². The zero-order valence-corrected chi connectivity index (χ0v) is 8.88. The van der Waals surface area contributed by atoms with Crippen LogP contribution in [0.4, 0.5) is 0 Å². The number of primary amides is 1. The van der Waals surface area contributed by atoms with Gasteiger partial charge in [0.05, 0.1) is 5.69 Å². The van der Waals surface area contributed by atoms with Gasteiger partial charge in [-0.3, -0.25) is 9.59 Å². The predicted molar refractivity (Wildman–Crippen MR) is 58.0 cm³/mol. The molecule has 0 aliphatic rings. The number of carbonyl (C=O) groups is 1. The monoisotopic (exact) mass is 220 g/mol. The van der Waals surface area contributed by atoms with Crippen LogP contribution in [0.3, 0.4) is 0 Å². The van der Waals surface area contributed by atoms with Gasteiger partial charge in [-0.05, 0) is 13.0 Å². The van der Waals surface area contributed by atoms with Gasteiger partial charge in [0.15, 0.2) is 0 Å². The Labute approximate surface area is 91.3 Å². The van der Waals surface area contributed by atoms with Crippen LogP contribution in [-0.4, -0.2) is 20.1 Å². The lowest BCUT2D eigenvalue weighted by atomic mass is 10.4. The van der Waals surface area contributed by atoms with Crippen LogP contribution in [0.15, 0.2) is 23.3 Å². The number of carbonyl (C=O) groups excluding carboxylic acids is 1. The van der Waals surface area contributed by atoms with Crippen LogP contribution < -0.4 is 11.3 Å². The molecule has 0 bridgehead atoms. The molecule has 1 amide bonds. The first-order valence-electron chi connectivity index (χ1n) is 4.91. The van der Waals surface area contributed by atoms with Crippen molar-refractivity contribution in [3.63, 3.8) is 0 Å². The van der Waals surface area contributed by atoms with Gasteiger partial charge in [0.1, 0.15) is 5.52 Å². The Balaban J connectivity index is 2.44. The molecule has 2 N–H and O–H groups in total. The van der Waals surface area contributed by atoms with E-state index in [2.05, 4.69) is 5.10 Å². The van der Waals surface area contributed by atoms with E-state index in [-0.39, 0.29) is 12.0 Å². The molecule has 0 unspecified atom stereocenters. The minimum absolute atomic E-state index is 0.156. The minimum atomic E-state index is -0.420. The van der Waals surface area contributed by atoms with Crippen molar-refractivity contribution in [3.05, 3.63) is 34.5 Å². The Morgan fingerprint density at radius 1 is 1.50 bits per heavy atom. The molecule has 6 nitrogen and oxygen atoms in total. The van der Waals surface area contributed by atoms with Crippen LogP contribution in [0.1, 0.15) is 12.1 Å². The number of nitrogens with two attached hydrogens (primary N) is 1. The highest BCUT2D eigenvalue weighted by atomic mass is 16.1. The summed E-state index contributed by atoms with van der Waals surface area (Å²) in [6, 6.07) is 1.71. The van der Waals surface area contributed by atoms with Crippen molar-refractivity contribution in [2.75, 3.05) is 0 Å². The van der Waals surface area contributed by atoms with Gasteiger partial charge in [0.25, 0.3) is 5.56 Å². The quantitative estimate of drug-likeness (QED) is 0.769. The van der Waals surface area contributed by atoms with Crippen LogP contribution in [0.25, 0.3) is 5.52 Å². The molecule has 0 atom stereocenters. The molecule has 0 radical (unpaired) electrons. The van der Waals surface area contributed by atoms with Crippen molar-refractivity contribution in [1.29, 1.82) is 0 Å². The second kappa shape index (κ2) is 3.80. The number of hydrogen-bond donors (Lipinski definition) is 1. The number of aromatic nitrogens is 3. The maximum Gasteiger partial charge on any atom is 0.276 e. The maximum atomic E-state index is 11.9. The Bertz CT molecular complexity index is 596. The Morgan fingerprint density at radius 2 is 2.25 bits per heavy atom. The average molecular weight is 220 g/mol. The molecule has 0 spiro atoms. The van der Waals surface area contributed by atoms with Crippen LogP contribution in [0.2, 0.25) is 0 Å². The van der Waals surface area contributed by atoms with Gasteiger partial charge in [-0.2, -0.15) is 5.10 Å². The summed E-state index contributed by atoms with van der Waals surface area (Å²) in [7, 11) is 0. The molecule has 0 aliphatic heterocycles. The van der Waals surface area contributed by atoms with Gasteiger partial charge in [0, 0.05) is 25.4 Å². The third-order valence-electron chi connectivity index (χ3n) is 2.32. The van der Waals surface area contributed by atoms with Crippen LogP contribution in [0, 0.1) is 6.92 Å². The summed E-state index contributed by atoms with van der Waals surface area (Å²) < 4.78 is 2.99. The maximum absolute atomic E-state index is 11.9. The second-order valence-electron chi connectivity index (χ2n) is 3.63. The molecule has 2 aromatic heterocycles. The standard InChI is InChI=1S/C10H12N4O2/c1-7-6-8-10(16)13(3-2-9(11)15)4-5-14(8)12-7/h4-6H,2-3H2,1H3,(H2,11,15). The third kappa shape index (κ3) is 1.81. The predicted octanol–water partition coefficient (Wildman–Crippen LogP) is -0.320. The third-order valence-corrected chi connectivity index (χ3v) is 2.32. The highest BCUT2D eigenvalue weighted by Gasteiger charge is 2.05. The smallest absolute Gasteiger partial charge is 0.276 e. The Hall–Kier alpha value is -2.11. The first-order chi connectivity index (χ1) is 7.58. The number of aryl methyl sites for hydroxylation is 2. The van der Waals surface area contributed by atoms with Crippen molar-refractivity contribution >= 4 is 11.4 Å². The molecule has 0 saturated carbocycles. The highest BCUT2D eigenvalue weighted by Crippen LogP contribution is 2.00. The molecule has 6 heteroatoms. The topological polar surface area (TPSA) is 82.4 Å². The molecule has 0 aliphatic carbocycles. The number of fused-ring (bicyclic) bond motifs is 1. The van der Waals surface area contributed by atoms with Gasteiger partial charge < -0.3 is 10.3 Å². The van der Waals surface area contributed by atoms with E-state index in [1.165, 1.54) is 9.08 Å². The summed E-state index contributed by atoms with van der Waals surface area (Å²) in [5.74, 6) is -0.420. The lowest BCUT2D eigenvalue weighted by Crippen LogP contribution is -2.24. The fraction of sp³-hybridized carbons (Fsp3) is 0.300. The van der Waals surface area contributed by atoms with E-state index in [1.807, 2.05) is 6.92 Å². The van der Waals surface area contributed by atoms with Crippen molar-refractivity contribution in [1.82, 2.24) is 14.2 Å². The largest absolute Gasteiger partial charge is 0.370 e. The lowest BCUT2D eigenvalue weighted by Gasteiger charge is -2.03. The van der Waals surface area contributed by atoms with Crippen molar-refractivity contribution in [2.45, 2.75) is 19.9 Å². The lowest BCUT2D eigenvalue weighted by molar-refractivity contribution is -0.118. The zero-order valence-electron chi connectivity index (χ0n) is 8.88. The first-order valence-corrected chi connectivity index (χ1v) is 4.91. The molecule has 16 heavy (non-hydrogen) atoms. The molecular weight excluding hydrogens is 208 g/mol. The summed E-state index contributed by atoms with van der Waals surface area (Å²) in [6.45, 7) is 2.12. The highest BCUT2D eigenvalue weighted by molar-refractivity contribution is 5.73. The zero-order chi connectivity index (χ0) is 11.7. The summed E-state index contributed by atoms with van der Waals surface area (Å²) in [4.78, 5) is 22.5. The number of rotatable bonds is 3. The molecule has 2 heterocycles. The summed E-state index contributed by atoms with van der Waals surface area (Å²) in [6.07, 6.45) is 3.44. The minimum Gasteiger partial charge on any atom is -0.370 e. The second-order valence-corrected chi connectivity index (χ2v) is 3.63. The van der Waals surface area contributed by atoms with E-state index in [4.69, 9.17) is 5.73 Å². The summed E-state index contributed by atoms with van der Waals surface area (Å²) in [5.41, 5.74) is 6.16. The molecular formula is C10H12N4O2. The Morgan fingerprint density at radius 3 is 2.94 bits per heavy atom. The molecule has 84 valence electrons. The van der Waals surface area contributed by atoms with Gasteiger partial charge >= 0.3 is 0 Å². The van der Waals surface area contributed by atoms with E-state index in [0.717, 1.165) is 5.69 Å².